The van der Waals surface area contributed by atoms with Crippen LogP contribution in [-0.4, -0.2) is 21.5 Å². The Labute approximate surface area is 191 Å². The van der Waals surface area contributed by atoms with E-state index in [1.54, 1.807) is 5.57 Å². The van der Waals surface area contributed by atoms with Gasteiger partial charge in [0.25, 0.3) is 0 Å². The zero-order chi connectivity index (χ0) is 22.1. The first kappa shape index (κ1) is 23.1. The van der Waals surface area contributed by atoms with Crippen LogP contribution in [0.3, 0.4) is 0 Å². The fraction of sp³-hybridized carbons (Fsp3) is 0.821. The Balaban J connectivity index is 1.42. The largest absolute Gasteiger partial charge is 0.372 e. The number of hydrogen-bond acceptors (Lipinski definition) is 2. The van der Waals surface area contributed by atoms with Crippen molar-refractivity contribution < 1.29 is 4.74 Å². The molecule has 1 aromatic heterocycles. The molecule has 5 unspecified atom stereocenters. The fourth-order valence-corrected chi connectivity index (χ4v) is 7.15. The molecule has 3 heteroatoms. The van der Waals surface area contributed by atoms with Gasteiger partial charge in [-0.05, 0) is 87.5 Å². The summed E-state index contributed by atoms with van der Waals surface area (Å²) >= 11 is 0. The van der Waals surface area contributed by atoms with Gasteiger partial charge in [0.1, 0.15) is 0 Å². The Hall–Kier alpha value is -1.09. The van der Waals surface area contributed by atoms with Crippen molar-refractivity contribution in [1.82, 2.24) is 9.78 Å². The standard InChI is InChI=1S/C28H46N2O/c1-6-7-8-9-15-27(2,3)22-12-13-23-24-18-21(20-30-17-10-16-29-30)11-14-25(24)28(4,5)31-26(23)19-22/h10-11,16-17,22-26H,6-9,12-15,18-20H2,1-5H3. The maximum Gasteiger partial charge on any atom is 0.0664 e. The topological polar surface area (TPSA) is 27.1 Å². The maximum absolute atomic E-state index is 6.91. The fourth-order valence-electron chi connectivity index (χ4n) is 7.15. The Kier molecular flexibility index (Phi) is 7.01. The summed E-state index contributed by atoms with van der Waals surface area (Å²) in [5.74, 6) is 2.99. The lowest BCUT2D eigenvalue weighted by atomic mass is 9.57. The van der Waals surface area contributed by atoms with Crippen LogP contribution in [0, 0.1) is 29.1 Å². The van der Waals surface area contributed by atoms with Crippen molar-refractivity contribution in [1.29, 1.82) is 0 Å². The van der Waals surface area contributed by atoms with E-state index in [4.69, 9.17) is 4.74 Å². The quantitative estimate of drug-likeness (QED) is 0.319. The molecule has 3 aliphatic rings. The second-order valence-corrected chi connectivity index (χ2v) is 12.0. The van der Waals surface area contributed by atoms with Gasteiger partial charge >= 0.3 is 0 Å². The molecule has 2 fully saturated rings. The van der Waals surface area contributed by atoms with Crippen LogP contribution in [0.5, 0.6) is 0 Å². The van der Waals surface area contributed by atoms with Gasteiger partial charge in [-0.1, -0.05) is 58.1 Å². The van der Waals surface area contributed by atoms with Crippen molar-refractivity contribution >= 4 is 0 Å². The Morgan fingerprint density at radius 3 is 2.74 bits per heavy atom. The van der Waals surface area contributed by atoms with E-state index in [2.05, 4.69) is 56.7 Å². The van der Waals surface area contributed by atoms with Gasteiger partial charge in [-0.15, -0.1) is 0 Å². The van der Waals surface area contributed by atoms with Gasteiger partial charge in [0.05, 0.1) is 18.2 Å². The van der Waals surface area contributed by atoms with Crippen molar-refractivity contribution in [3.8, 4) is 0 Å². The van der Waals surface area contributed by atoms with E-state index >= 15 is 0 Å². The zero-order valence-electron chi connectivity index (χ0n) is 20.8. The van der Waals surface area contributed by atoms with Gasteiger partial charge in [-0.2, -0.15) is 5.10 Å². The number of allylic oxidation sites excluding steroid dienone is 2. The predicted molar refractivity (Wildman–Crippen MR) is 129 cm³/mol. The molecule has 0 amide bonds. The molecule has 0 spiro atoms. The Bertz CT molecular complexity index is 732. The molecule has 1 saturated heterocycles. The highest BCUT2D eigenvalue weighted by Crippen LogP contribution is 2.55. The van der Waals surface area contributed by atoms with Gasteiger partial charge < -0.3 is 4.74 Å². The Morgan fingerprint density at radius 2 is 2.00 bits per heavy atom. The third kappa shape index (κ3) is 5.13. The van der Waals surface area contributed by atoms with Gasteiger partial charge in [-0.25, -0.2) is 0 Å². The van der Waals surface area contributed by atoms with E-state index in [-0.39, 0.29) is 5.60 Å². The van der Waals surface area contributed by atoms with Crippen LogP contribution in [0.15, 0.2) is 30.1 Å². The lowest BCUT2D eigenvalue weighted by Crippen LogP contribution is -2.56. The van der Waals surface area contributed by atoms with E-state index in [1.807, 2.05) is 12.3 Å². The minimum atomic E-state index is -0.00722. The summed E-state index contributed by atoms with van der Waals surface area (Å²) in [6, 6.07) is 2.03. The van der Waals surface area contributed by atoms with Crippen LogP contribution < -0.4 is 0 Å². The van der Waals surface area contributed by atoms with E-state index in [0.29, 0.717) is 17.4 Å². The third-order valence-corrected chi connectivity index (χ3v) is 9.12. The highest BCUT2D eigenvalue weighted by molar-refractivity contribution is 5.14. The molecule has 1 aliphatic heterocycles. The van der Waals surface area contributed by atoms with Crippen molar-refractivity contribution in [2.24, 2.45) is 29.1 Å². The monoisotopic (exact) mass is 426 g/mol. The number of aromatic nitrogens is 2. The van der Waals surface area contributed by atoms with Crippen molar-refractivity contribution in [2.75, 3.05) is 0 Å². The van der Waals surface area contributed by atoms with E-state index < -0.39 is 0 Å². The number of nitrogens with zero attached hydrogens (tertiary/aromatic N) is 2. The number of ether oxygens (including phenoxy) is 1. The molecule has 0 radical (unpaired) electrons. The van der Waals surface area contributed by atoms with Crippen molar-refractivity contribution in [2.45, 2.75) is 117 Å². The lowest BCUT2D eigenvalue weighted by Gasteiger charge is -2.57. The van der Waals surface area contributed by atoms with Gasteiger partial charge in [0.2, 0.25) is 0 Å². The first-order valence-corrected chi connectivity index (χ1v) is 13.1. The van der Waals surface area contributed by atoms with E-state index in [1.165, 1.54) is 64.2 Å². The Morgan fingerprint density at radius 1 is 1.16 bits per heavy atom. The SMILES string of the molecule is CCCCCCC(C)(C)C1CCC2C(C1)OC(C)(C)C1CC=C(Cn3cccn3)CC21. The van der Waals surface area contributed by atoms with Crippen LogP contribution in [0.2, 0.25) is 0 Å². The van der Waals surface area contributed by atoms with Crippen LogP contribution in [0.25, 0.3) is 0 Å². The summed E-state index contributed by atoms with van der Waals surface area (Å²) < 4.78 is 9.00. The van der Waals surface area contributed by atoms with Crippen LogP contribution >= 0.6 is 0 Å². The molecule has 2 heterocycles. The van der Waals surface area contributed by atoms with E-state index in [0.717, 1.165) is 24.3 Å². The molecule has 0 bridgehead atoms. The first-order chi connectivity index (χ1) is 14.8. The van der Waals surface area contributed by atoms with Gasteiger partial charge in [0, 0.05) is 12.4 Å². The molecule has 174 valence electrons. The van der Waals surface area contributed by atoms with Crippen molar-refractivity contribution in [3.05, 3.63) is 30.1 Å². The highest BCUT2D eigenvalue weighted by atomic mass is 16.5. The molecule has 1 saturated carbocycles. The third-order valence-electron chi connectivity index (χ3n) is 9.12. The maximum atomic E-state index is 6.91. The zero-order valence-corrected chi connectivity index (χ0v) is 20.8. The summed E-state index contributed by atoms with van der Waals surface area (Å²) in [6.45, 7) is 13.1. The number of hydrogen-bond donors (Lipinski definition) is 0. The average Bonchev–Trinajstić information content (AvgIpc) is 3.23. The molecule has 5 atom stereocenters. The van der Waals surface area contributed by atoms with Crippen LogP contribution in [0.1, 0.15) is 98.8 Å². The number of fused-ring (bicyclic) bond motifs is 3. The second-order valence-electron chi connectivity index (χ2n) is 12.0. The molecular formula is C28H46N2O. The molecule has 2 aliphatic carbocycles. The number of unbranched alkanes of at least 4 members (excludes halogenated alkanes) is 3. The van der Waals surface area contributed by atoms with Crippen LogP contribution in [-0.2, 0) is 11.3 Å². The summed E-state index contributed by atoms with van der Waals surface area (Å²) in [4.78, 5) is 0. The number of rotatable bonds is 8. The predicted octanol–water partition coefficient (Wildman–Crippen LogP) is 7.43. The summed E-state index contributed by atoms with van der Waals surface area (Å²) in [7, 11) is 0. The van der Waals surface area contributed by atoms with Crippen LogP contribution in [0.4, 0.5) is 0 Å². The normalized spacial score (nSPS) is 32.8. The first-order valence-electron chi connectivity index (χ1n) is 13.1. The molecule has 1 aromatic rings. The minimum absolute atomic E-state index is 0.00722. The lowest BCUT2D eigenvalue weighted by molar-refractivity contribution is -0.215. The molecular weight excluding hydrogens is 380 g/mol. The molecule has 3 nitrogen and oxygen atoms in total. The molecule has 0 N–H and O–H groups in total. The smallest absolute Gasteiger partial charge is 0.0664 e. The van der Waals surface area contributed by atoms with Gasteiger partial charge in [-0.3, -0.25) is 4.68 Å². The molecule has 0 aromatic carbocycles. The highest BCUT2D eigenvalue weighted by Gasteiger charge is 2.52. The summed E-state index contributed by atoms with van der Waals surface area (Å²) in [6.07, 6.45) is 20.3. The minimum Gasteiger partial charge on any atom is -0.372 e. The second kappa shape index (κ2) is 9.41. The van der Waals surface area contributed by atoms with Crippen molar-refractivity contribution in [3.63, 3.8) is 0 Å². The van der Waals surface area contributed by atoms with E-state index in [9.17, 15) is 0 Å². The summed E-state index contributed by atoms with van der Waals surface area (Å²) in [5.41, 5.74) is 2.02. The van der Waals surface area contributed by atoms with Gasteiger partial charge in [0.15, 0.2) is 0 Å². The average molecular weight is 427 g/mol. The molecule has 4 rings (SSSR count). The molecule has 31 heavy (non-hydrogen) atoms. The summed E-state index contributed by atoms with van der Waals surface area (Å²) in [5, 5.41) is 4.45.